The van der Waals surface area contributed by atoms with Gasteiger partial charge in [0.1, 0.15) is 9.84 Å². The molecule has 0 aliphatic carbocycles. The molecule has 2 rings (SSSR count). The highest BCUT2D eigenvalue weighted by molar-refractivity contribution is 9.10. The lowest BCUT2D eigenvalue weighted by atomic mass is 10.4. The van der Waals surface area contributed by atoms with Gasteiger partial charge in [-0.25, -0.2) is 12.9 Å². The molecule has 0 aliphatic rings. The quantitative estimate of drug-likeness (QED) is 0.914. The van der Waals surface area contributed by atoms with Crippen LogP contribution >= 0.6 is 15.9 Å². The van der Waals surface area contributed by atoms with Gasteiger partial charge in [0.15, 0.2) is 5.65 Å². The highest BCUT2D eigenvalue weighted by Gasteiger charge is 2.12. The molecule has 0 radical (unpaired) electrons. The minimum Gasteiger partial charge on any atom is -0.349 e. The minimum atomic E-state index is -3.01. The molecule has 98 valence electrons. The average molecular weight is 333 g/mol. The van der Waals surface area contributed by atoms with E-state index in [2.05, 4.69) is 31.3 Å². The van der Waals surface area contributed by atoms with Crippen molar-refractivity contribution in [3.63, 3.8) is 0 Å². The number of aromatic nitrogens is 3. The van der Waals surface area contributed by atoms with Crippen LogP contribution in [0.1, 0.15) is 6.92 Å². The summed E-state index contributed by atoms with van der Waals surface area (Å²) in [7, 11) is -3.01. The number of fused-ring (bicyclic) bond motifs is 1. The Morgan fingerprint density at radius 1 is 1.50 bits per heavy atom. The van der Waals surface area contributed by atoms with E-state index in [0.29, 0.717) is 11.6 Å². The Hall–Kier alpha value is -1.15. The molecule has 2 aromatic rings. The van der Waals surface area contributed by atoms with Crippen LogP contribution in [0.2, 0.25) is 0 Å². The first-order valence-electron chi connectivity index (χ1n) is 5.30. The molecular weight excluding hydrogens is 320 g/mol. The molecule has 0 saturated heterocycles. The number of rotatable bonds is 4. The molecular formula is C10H13BrN4O2S. The molecule has 0 aliphatic heterocycles. The molecule has 0 saturated carbocycles. The van der Waals surface area contributed by atoms with Gasteiger partial charge in [0.25, 0.3) is 0 Å². The molecule has 18 heavy (non-hydrogen) atoms. The van der Waals surface area contributed by atoms with E-state index < -0.39 is 9.84 Å². The Kier molecular flexibility index (Phi) is 3.58. The number of hydrogen-bond donors (Lipinski definition) is 1. The lowest BCUT2D eigenvalue weighted by molar-refractivity contribution is 0.597. The average Bonchev–Trinajstić information content (AvgIpc) is 2.55. The van der Waals surface area contributed by atoms with E-state index in [1.807, 2.05) is 12.1 Å². The number of nitrogens with one attached hydrogen (secondary N) is 1. The van der Waals surface area contributed by atoms with Crippen molar-refractivity contribution >= 4 is 37.4 Å². The first kappa shape index (κ1) is 13.3. The number of nitrogens with zero attached hydrogens (tertiary/aromatic N) is 3. The summed E-state index contributed by atoms with van der Waals surface area (Å²) in [6.45, 7) is 1.78. The maximum atomic E-state index is 11.2. The summed E-state index contributed by atoms with van der Waals surface area (Å²) in [5.41, 5.74) is 0.701. The van der Waals surface area contributed by atoms with E-state index >= 15 is 0 Å². The normalized spacial score (nSPS) is 13.7. The van der Waals surface area contributed by atoms with Gasteiger partial charge in [0.05, 0.1) is 5.75 Å². The van der Waals surface area contributed by atoms with E-state index in [1.54, 1.807) is 17.6 Å². The molecule has 0 aromatic carbocycles. The molecule has 6 nitrogen and oxygen atoms in total. The Labute approximate surface area is 113 Å². The van der Waals surface area contributed by atoms with Gasteiger partial charge in [-0.05, 0) is 35.0 Å². The van der Waals surface area contributed by atoms with E-state index in [-0.39, 0.29) is 11.8 Å². The fourth-order valence-electron chi connectivity index (χ4n) is 1.64. The van der Waals surface area contributed by atoms with Crippen LogP contribution in [0, 0.1) is 0 Å². The zero-order valence-corrected chi connectivity index (χ0v) is 12.4. The highest BCUT2D eigenvalue weighted by atomic mass is 79.9. The van der Waals surface area contributed by atoms with Crippen LogP contribution in [0.4, 0.5) is 5.95 Å². The van der Waals surface area contributed by atoms with Gasteiger partial charge >= 0.3 is 0 Å². The summed E-state index contributed by atoms with van der Waals surface area (Å²) in [4.78, 5) is 4.25. The zero-order chi connectivity index (χ0) is 13.3. The van der Waals surface area contributed by atoms with Gasteiger partial charge in [-0.15, -0.1) is 5.10 Å². The topological polar surface area (TPSA) is 76.4 Å². The molecule has 0 bridgehead atoms. The highest BCUT2D eigenvalue weighted by Crippen LogP contribution is 2.12. The number of sulfone groups is 1. The monoisotopic (exact) mass is 332 g/mol. The van der Waals surface area contributed by atoms with Gasteiger partial charge in [-0.1, -0.05) is 0 Å². The summed E-state index contributed by atoms with van der Waals surface area (Å²) in [6, 6.07) is 3.46. The number of hydrogen-bond acceptors (Lipinski definition) is 5. The Morgan fingerprint density at radius 3 is 2.89 bits per heavy atom. The maximum Gasteiger partial charge on any atom is 0.243 e. The van der Waals surface area contributed by atoms with E-state index in [4.69, 9.17) is 0 Å². The third kappa shape index (κ3) is 3.42. The van der Waals surface area contributed by atoms with Gasteiger partial charge in [-0.2, -0.15) is 4.98 Å². The summed E-state index contributed by atoms with van der Waals surface area (Å²) < 4.78 is 24.8. The second-order valence-electron chi connectivity index (χ2n) is 4.22. The van der Waals surface area contributed by atoms with Crippen LogP contribution in [-0.4, -0.2) is 41.1 Å². The van der Waals surface area contributed by atoms with E-state index in [0.717, 1.165) is 4.47 Å². The van der Waals surface area contributed by atoms with Crippen LogP contribution in [0.5, 0.6) is 0 Å². The second kappa shape index (κ2) is 4.85. The summed E-state index contributed by atoms with van der Waals surface area (Å²) in [5.74, 6) is 0.468. The first-order chi connectivity index (χ1) is 8.33. The third-order valence-electron chi connectivity index (χ3n) is 2.22. The van der Waals surface area contributed by atoms with E-state index in [9.17, 15) is 8.42 Å². The Bertz CT molecular complexity index is 668. The fraction of sp³-hybridized carbons (Fsp3) is 0.400. The van der Waals surface area contributed by atoms with Crippen molar-refractivity contribution in [3.8, 4) is 0 Å². The number of halogens is 1. The molecule has 1 N–H and O–H groups in total. The zero-order valence-electron chi connectivity index (χ0n) is 9.96. The summed E-state index contributed by atoms with van der Waals surface area (Å²) >= 11 is 3.34. The number of pyridine rings is 1. The van der Waals surface area contributed by atoms with Crippen molar-refractivity contribution in [2.75, 3.05) is 17.3 Å². The van der Waals surface area contributed by atoms with Crippen LogP contribution in [-0.2, 0) is 9.84 Å². The molecule has 1 atom stereocenters. The Balaban J connectivity index is 2.17. The molecule has 0 spiro atoms. The molecule has 1 unspecified atom stereocenters. The molecule has 2 heterocycles. The predicted octanol–water partition coefficient (Wildman–Crippen LogP) is 1.34. The van der Waals surface area contributed by atoms with Crippen LogP contribution < -0.4 is 5.32 Å². The predicted molar refractivity (Wildman–Crippen MR) is 73.5 cm³/mol. The lowest BCUT2D eigenvalue weighted by Crippen LogP contribution is -2.25. The maximum absolute atomic E-state index is 11.2. The van der Waals surface area contributed by atoms with Crippen LogP contribution in [0.3, 0.4) is 0 Å². The van der Waals surface area contributed by atoms with Crippen molar-refractivity contribution in [2.45, 2.75) is 13.0 Å². The van der Waals surface area contributed by atoms with Crippen molar-refractivity contribution in [1.29, 1.82) is 0 Å². The van der Waals surface area contributed by atoms with Crippen molar-refractivity contribution in [2.24, 2.45) is 0 Å². The van der Waals surface area contributed by atoms with Crippen LogP contribution in [0.15, 0.2) is 22.8 Å². The largest absolute Gasteiger partial charge is 0.349 e. The number of anilines is 1. The smallest absolute Gasteiger partial charge is 0.243 e. The van der Waals surface area contributed by atoms with Gasteiger partial charge in [0.2, 0.25) is 5.95 Å². The van der Waals surface area contributed by atoms with Crippen LogP contribution in [0.25, 0.3) is 5.65 Å². The molecule has 0 amide bonds. The summed E-state index contributed by atoms with van der Waals surface area (Å²) in [6.07, 6.45) is 2.99. The molecule has 2 aromatic heterocycles. The van der Waals surface area contributed by atoms with Crippen molar-refractivity contribution < 1.29 is 8.42 Å². The summed E-state index contributed by atoms with van der Waals surface area (Å²) in [5, 5.41) is 7.18. The first-order valence-corrected chi connectivity index (χ1v) is 8.15. The fourth-order valence-corrected chi connectivity index (χ4v) is 2.95. The lowest BCUT2D eigenvalue weighted by Gasteiger charge is -2.09. The second-order valence-corrected chi connectivity index (χ2v) is 7.32. The van der Waals surface area contributed by atoms with Gasteiger partial charge in [0, 0.05) is 23.0 Å². The standard InChI is InChI=1S/C10H13BrN4O2S/c1-7(6-18(2,16)17)12-10-13-9-4-3-8(11)5-15(9)14-10/h3-5,7H,6H2,1-2H3,(H,12,14). The van der Waals surface area contributed by atoms with Crippen molar-refractivity contribution in [3.05, 3.63) is 22.8 Å². The minimum absolute atomic E-state index is 0.0479. The van der Waals surface area contributed by atoms with E-state index in [1.165, 1.54) is 6.26 Å². The molecule has 0 fully saturated rings. The van der Waals surface area contributed by atoms with Gasteiger partial charge < -0.3 is 5.32 Å². The molecule has 8 heteroatoms. The van der Waals surface area contributed by atoms with Crippen molar-refractivity contribution in [1.82, 2.24) is 14.6 Å². The Morgan fingerprint density at radius 2 is 2.22 bits per heavy atom. The third-order valence-corrected chi connectivity index (χ3v) is 3.80. The van der Waals surface area contributed by atoms with Gasteiger partial charge in [-0.3, -0.25) is 0 Å². The SMILES string of the molecule is CC(CS(C)(=O)=O)Nc1nc2ccc(Br)cn2n1.